The van der Waals surface area contributed by atoms with E-state index in [2.05, 4.69) is 14.9 Å². The molecule has 39 heavy (non-hydrogen) atoms. The van der Waals surface area contributed by atoms with Crippen molar-refractivity contribution >= 4 is 44.6 Å². The molecule has 2 aromatic carbocycles. The molecule has 1 saturated heterocycles. The molecule has 2 aliphatic heterocycles. The van der Waals surface area contributed by atoms with Gasteiger partial charge in [0.25, 0.3) is 5.91 Å². The summed E-state index contributed by atoms with van der Waals surface area (Å²) in [5.74, 6) is -0.605. The average Bonchev–Trinajstić information content (AvgIpc) is 3.39. The topological polar surface area (TPSA) is 119 Å². The van der Waals surface area contributed by atoms with Crippen LogP contribution in [0.4, 0.5) is 22.7 Å². The summed E-state index contributed by atoms with van der Waals surface area (Å²) in [7, 11) is -1.93. The number of carbonyl (C=O) groups excluding carboxylic acids is 2. The summed E-state index contributed by atoms with van der Waals surface area (Å²) in [6.07, 6.45) is 8.30. The highest BCUT2D eigenvalue weighted by molar-refractivity contribution is 7.92. The maximum atomic E-state index is 13.8. The molecule has 3 fully saturated rings. The lowest BCUT2D eigenvalue weighted by Crippen LogP contribution is -2.36. The van der Waals surface area contributed by atoms with Crippen LogP contribution in [0.1, 0.15) is 67.3 Å². The first kappa shape index (κ1) is 26.1. The number of para-hydroxylation sites is 1. The quantitative estimate of drug-likeness (QED) is 0.480. The Kier molecular flexibility index (Phi) is 6.38. The number of fused-ring (bicyclic) bond motifs is 2. The zero-order valence-electron chi connectivity index (χ0n) is 22.3. The number of sulfonamides is 1. The van der Waals surface area contributed by atoms with Crippen LogP contribution in [0.2, 0.25) is 0 Å². The molecular weight excluding hydrogens is 516 g/mol. The number of benzene rings is 2. The van der Waals surface area contributed by atoms with Crippen LogP contribution in [-0.4, -0.2) is 57.8 Å². The van der Waals surface area contributed by atoms with E-state index in [1.54, 1.807) is 30.1 Å². The van der Waals surface area contributed by atoms with Crippen molar-refractivity contribution in [2.24, 2.45) is 5.41 Å². The minimum Gasteiger partial charge on any atom is -0.395 e. The number of nitrogens with one attached hydrogen (secondary N) is 2. The average molecular weight is 553 g/mol. The van der Waals surface area contributed by atoms with Crippen molar-refractivity contribution < 1.29 is 23.1 Å². The van der Waals surface area contributed by atoms with Crippen LogP contribution in [0, 0.1) is 5.41 Å². The van der Waals surface area contributed by atoms with Gasteiger partial charge in [-0.3, -0.25) is 14.3 Å². The summed E-state index contributed by atoms with van der Waals surface area (Å²) in [5, 5.41) is 12.2. The highest BCUT2D eigenvalue weighted by Gasteiger charge is 2.52. The predicted octanol–water partition coefficient (Wildman–Crippen LogP) is 3.84. The number of amides is 2. The van der Waals surface area contributed by atoms with Gasteiger partial charge in [-0.05, 0) is 73.8 Å². The van der Waals surface area contributed by atoms with Gasteiger partial charge in [0, 0.05) is 20.1 Å². The van der Waals surface area contributed by atoms with Gasteiger partial charge in [-0.1, -0.05) is 25.0 Å². The van der Waals surface area contributed by atoms with Gasteiger partial charge in [0.2, 0.25) is 15.9 Å². The Morgan fingerprint density at radius 1 is 1.03 bits per heavy atom. The zero-order chi connectivity index (χ0) is 27.4. The van der Waals surface area contributed by atoms with Gasteiger partial charge in [-0.2, -0.15) is 0 Å². The molecule has 9 nitrogen and oxygen atoms in total. The molecule has 0 unspecified atom stereocenters. The minimum atomic E-state index is -3.71. The molecule has 2 saturated carbocycles. The Hall–Kier alpha value is -3.11. The highest BCUT2D eigenvalue weighted by Crippen LogP contribution is 2.55. The molecule has 0 bridgehead atoms. The molecule has 2 aromatic rings. The van der Waals surface area contributed by atoms with E-state index in [0.717, 1.165) is 62.9 Å². The number of aliphatic hydroxyl groups excluding tert-OH is 1. The van der Waals surface area contributed by atoms with Crippen LogP contribution in [-0.2, 0) is 20.2 Å². The van der Waals surface area contributed by atoms with E-state index in [1.807, 2.05) is 18.2 Å². The van der Waals surface area contributed by atoms with Crippen molar-refractivity contribution in [3.8, 4) is 0 Å². The van der Waals surface area contributed by atoms with Gasteiger partial charge in [0.15, 0.2) is 0 Å². The van der Waals surface area contributed by atoms with Gasteiger partial charge in [0.1, 0.15) is 0 Å². The fourth-order valence-corrected chi connectivity index (χ4v) is 7.71. The highest BCUT2D eigenvalue weighted by atomic mass is 32.2. The number of rotatable bonds is 7. The lowest BCUT2D eigenvalue weighted by Gasteiger charge is -2.35. The van der Waals surface area contributed by atoms with E-state index >= 15 is 0 Å². The Labute approximate surface area is 229 Å². The number of anilines is 4. The third-order valence-corrected chi connectivity index (χ3v) is 10.6. The number of piperidine rings is 1. The normalized spacial score (nSPS) is 20.9. The van der Waals surface area contributed by atoms with Crippen molar-refractivity contribution in [2.75, 3.05) is 52.3 Å². The molecule has 2 heterocycles. The monoisotopic (exact) mass is 552 g/mol. The summed E-state index contributed by atoms with van der Waals surface area (Å²) < 4.78 is 27.2. The predicted molar refractivity (Wildman–Crippen MR) is 152 cm³/mol. The summed E-state index contributed by atoms with van der Waals surface area (Å²) >= 11 is 0. The molecule has 2 aliphatic carbocycles. The fourth-order valence-electron chi connectivity index (χ4n) is 6.88. The second-order valence-corrected chi connectivity index (χ2v) is 13.5. The molecule has 0 atom stereocenters. The van der Waals surface area contributed by atoms with E-state index in [9.17, 15) is 18.0 Å². The van der Waals surface area contributed by atoms with Gasteiger partial charge < -0.3 is 20.2 Å². The SMILES string of the molecule is CN1C(=O)C2(CCCC2)c2cccc(NC(=O)c3ccc(NS(=O)(=O)CCO)cc3N3CCC4(CC3)CC4)c21. The standard InChI is InChI=1S/C29H36N4O5S/c1-32-25-22(29(27(32)36)9-2-3-10-29)5-4-6-23(25)30-26(35)21-8-7-20(31-39(37,38)18-17-34)19-24(21)33-15-13-28(11-12-28)14-16-33/h4-8,19,31,34H,2-3,9-18H2,1H3,(H,30,35). The number of hydrogen-bond donors (Lipinski definition) is 3. The van der Waals surface area contributed by atoms with Crippen LogP contribution in [0.15, 0.2) is 36.4 Å². The fraction of sp³-hybridized carbons (Fsp3) is 0.517. The van der Waals surface area contributed by atoms with Crippen molar-refractivity contribution in [1.29, 1.82) is 0 Å². The number of carbonyl (C=O) groups is 2. The molecule has 208 valence electrons. The maximum absolute atomic E-state index is 13.8. The van der Waals surface area contributed by atoms with Gasteiger partial charge in [-0.25, -0.2) is 8.42 Å². The molecule has 2 amide bonds. The molecule has 3 N–H and O–H groups in total. The number of aliphatic hydroxyl groups is 1. The summed E-state index contributed by atoms with van der Waals surface area (Å²) in [6, 6.07) is 10.7. The molecule has 0 aromatic heterocycles. The third-order valence-electron chi connectivity index (χ3n) is 9.30. The molecule has 2 spiro atoms. The van der Waals surface area contributed by atoms with E-state index in [-0.39, 0.29) is 11.8 Å². The van der Waals surface area contributed by atoms with E-state index in [4.69, 9.17) is 5.11 Å². The molecular formula is C29H36N4O5S. The first-order chi connectivity index (χ1) is 18.7. The van der Waals surface area contributed by atoms with Crippen LogP contribution in [0.5, 0.6) is 0 Å². The van der Waals surface area contributed by atoms with Crippen molar-refractivity contribution in [1.82, 2.24) is 0 Å². The van der Waals surface area contributed by atoms with E-state index in [0.29, 0.717) is 28.0 Å². The summed E-state index contributed by atoms with van der Waals surface area (Å²) in [6.45, 7) is 1.12. The van der Waals surface area contributed by atoms with Crippen molar-refractivity contribution in [3.05, 3.63) is 47.5 Å². The Balaban J connectivity index is 1.32. The maximum Gasteiger partial charge on any atom is 0.257 e. The van der Waals surface area contributed by atoms with Gasteiger partial charge >= 0.3 is 0 Å². The number of hydrogen-bond acceptors (Lipinski definition) is 6. The summed E-state index contributed by atoms with van der Waals surface area (Å²) in [4.78, 5) is 31.0. The zero-order valence-corrected chi connectivity index (χ0v) is 23.1. The second kappa shape index (κ2) is 9.52. The minimum absolute atomic E-state index is 0.0965. The van der Waals surface area contributed by atoms with Gasteiger partial charge in [0.05, 0.1) is 46.1 Å². The lowest BCUT2D eigenvalue weighted by atomic mass is 9.80. The smallest absolute Gasteiger partial charge is 0.257 e. The largest absolute Gasteiger partial charge is 0.395 e. The number of nitrogens with zero attached hydrogens (tertiary/aromatic N) is 2. The van der Waals surface area contributed by atoms with Crippen molar-refractivity contribution in [2.45, 2.75) is 56.8 Å². The molecule has 4 aliphatic rings. The van der Waals surface area contributed by atoms with Crippen LogP contribution < -0.4 is 19.8 Å². The van der Waals surface area contributed by atoms with Crippen LogP contribution >= 0.6 is 0 Å². The van der Waals surface area contributed by atoms with Crippen molar-refractivity contribution in [3.63, 3.8) is 0 Å². The molecule has 10 heteroatoms. The third kappa shape index (κ3) is 4.57. The lowest BCUT2D eigenvalue weighted by molar-refractivity contribution is -0.122. The van der Waals surface area contributed by atoms with Crippen LogP contribution in [0.25, 0.3) is 0 Å². The van der Waals surface area contributed by atoms with Crippen LogP contribution in [0.3, 0.4) is 0 Å². The Bertz CT molecular complexity index is 1420. The van der Waals surface area contributed by atoms with Gasteiger partial charge in [-0.15, -0.1) is 0 Å². The molecule has 6 rings (SSSR count). The molecule has 0 radical (unpaired) electrons. The second-order valence-electron chi connectivity index (χ2n) is 11.7. The first-order valence-corrected chi connectivity index (χ1v) is 15.6. The Morgan fingerprint density at radius 2 is 1.74 bits per heavy atom. The summed E-state index contributed by atoms with van der Waals surface area (Å²) in [5.41, 5.74) is 3.80. The first-order valence-electron chi connectivity index (χ1n) is 13.9. The Morgan fingerprint density at radius 3 is 2.41 bits per heavy atom. The number of likely N-dealkylation sites (N-methyl/N-ethyl adjacent to an activating group) is 1. The van der Waals surface area contributed by atoms with E-state index in [1.165, 1.54) is 12.8 Å². The van der Waals surface area contributed by atoms with E-state index < -0.39 is 27.8 Å².